The monoisotopic (exact) mass is 796 g/mol. The normalized spacial score (nSPS) is 18.1. The molecule has 0 spiro atoms. The molecular formula is C43H74NO10P. The van der Waals surface area contributed by atoms with Crippen LogP contribution in [0.1, 0.15) is 155 Å². The molecule has 0 fully saturated rings. The van der Waals surface area contributed by atoms with E-state index < -0.39 is 38.6 Å². The van der Waals surface area contributed by atoms with Crippen molar-refractivity contribution < 1.29 is 47.5 Å². The summed E-state index contributed by atoms with van der Waals surface area (Å²) >= 11 is 0. The summed E-state index contributed by atoms with van der Waals surface area (Å²) in [5.74, 6) is -1.19. The van der Waals surface area contributed by atoms with Crippen LogP contribution in [0.25, 0.3) is 0 Å². The molecule has 5 atom stereocenters. The number of aliphatic hydroxyl groups excluding tert-OH is 1. The topological polar surface area (TPSA) is 172 Å². The Bertz CT molecular complexity index is 1190. The Morgan fingerprint density at radius 1 is 0.800 bits per heavy atom. The third-order valence-corrected chi connectivity index (χ3v) is 10.4. The molecule has 0 bridgehead atoms. The van der Waals surface area contributed by atoms with Crippen LogP contribution in [0, 0.1) is 11.8 Å². The fourth-order valence-corrected chi connectivity index (χ4v) is 6.91. The minimum absolute atomic E-state index is 0.0230. The largest absolute Gasteiger partial charge is 0.472 e. The van der Waals surface area contributed by atoms with Crippen molar-refractivity contribution >= 4 is 25.5 Å². The Labute approximate surface area is 332 Å². The average Bonchev–Trinajstić information content (AvgIpc) is 3.52. The van der Waals surface area contributed by atoms with E-state index in [1.807, 2.05) is 24.3 Å². The molecule has 1 rings (SSSR count). The predicted molar refractivity (Wildman–Crippen MR) is 219 cm³/mol. The molecule has 0 saturated carbocycles. The molecule has 1 aliphatic rings. The zero-order valence-electron chi connectivity index (χ0n) is 34.0. The SMILES string of the molecule is CCCCCC/C=C\CCCCCCCCCC(=O)O[C@H](COC(=O)CCC/C=C\C[C@H]1C=CC(=O)[C@@H]1/C=C/[C@@H](O)CCCCC)COP(=O)(O)OCCN. The second-order valence-electron chi connectivity index (χ2n) is 14.5. The van der Waals surface area contributed by atoms with Gasteiger partial charge >= 0.3 is 19.8 Å². The molecule has 4 N–H and O–H groups in total. The predicted octanol–water partition coefficient (Wildman–Crippen LogP) is 9.56. The van der Waals surface area contributed by atoms with E-state index in [0.29, 0.717) is 32.1 Å². The second kappa shape index (κ2) is 33.7. The van der Waals surface area contributed by atoms with Gasteiger partial charge < -0.3 is 25.2 Å². The van der Waals surface area contributed by atoms with Gasteiger partial charge in [-0.05, 0) is 69.8 Å². The summed E-state index contributed by atoms with van der Waals surface area (Å²) in [6, 6.07) is 0. The van der Waals surface area contributed by atoms with Crippen molar-refractivity contribution in [1.82, 2.24) is 0 Å². The van der Waals surface area contributed by atoms with Gasteiger partial charge in [-0.1, -0.05) is 127 Å². The van der Waals surface area contributed by atoms with Crippen LogP contribution < -0.4 is 5.73 Å². The van der Waals surface area contributed by atoms with E-state index in [-0.39, 0.29) is 50.2 Å². The van der Waals surface area contributed by atoms with Gasteiger partial charge in [-0.2, -0.15) is 0 Å². The minimum atomic E-state index is -4.43. The first-order valence-corrected chi connectivity index (χ1v) is 22.7. The van der Waals surface area contributed by atoms with Crippen LogP contribution in [-0.4, -0.2) is 66.3 Å². The van der Waals surface area contributed by atoms with Gasteiger partial charge in [-0.3, -0.25) is 23.4 Å². The number of esters is 2. The van der Waals surface area contributed by atoms with E-state index >= 15 is 0 Å². The summed E-state index contributed by atoms with van der Waals surface area (Å²) in [6.07, 6.45) is 34.8. The van der Waals surface area contributed by atoms with Crippen LogP contribution >= 0.6 is 7.82 Å². The van der Waals surface area contributed by atoms with Gasteiger partial charge in [0.1, 0.15) is 6.61 Å². The molecule has 55 heavy (non-hydrogen) atoms. The summed E-state index contributed by atoms with van der Waals surface area (Å²) in [4.78, 5) is 47.3. The zero-order valence-corrected chi connectivity index (χ0v) is 34.9. The minimum Gasteiger partial charge on any atom is -0.462 e. The van der Waals surface area contributed by atoms with Gasteiger partial charge in [-0.25, -0.2) is 4.57 Å². The Morgan fingerprint density at radius 2 is 1.40 bits per heavy atom. The summed E-state index contributed by atoms with van der Waals surface area (Å²) in [7, 11) is -4.43. The van der Waals surface area contributed by atoms with Crippen LogP contribution in [0.3, 0.4) is 0 Å². The number of carbonyl (C=O) groups is 3. The maximum absolute atomic E-state index is 12.6. The van der Waals surface area contributed by atoms with Gasteiger partial charge in [0.25, 0.3) is 0 Å². The number of phosphoric ester groups is 1. The molecule has 12 heteroatoms. The molecule has 0 aromatic rings. The van der Waals surface area contributed by atoms with Crippen molar-refractivity contribution in [1.29, 1.82) is 0 Å². The number of rotatable bonds is 36. The van der Waals surface area contributed by atoms with E-state index in [4.69, 9.17) is 24.3 Å². The lowest BCUT2D eigenvalue weighted by molar-refractivity contribution is -0.161. The standard InChI is InChI=1S/C43H74NO10P/c1-3-5-7-8-9-10-11-12-13-14-15-16-17-18-24-28-43(48)54-39(36-53-55(49,50)52-34-33-44)35-51-42(47)27-23-20-19-22-25-37-29-32-41(46)40(37)31-30-38(45)26-21-6-4-2/h10-11,19,22,29-32,37-40,45H,3-9,12-18,20-21,23-28,33-36,44H2,1-2H3,(H,49,50)/b11-10-,22-19-,31-30+/t37-,38-,39+,40+/m0/s1. The number of ether oxygens (including phenoxy) is 2. The molecule has 1 unspecified atom stereocenters. The van der Waals surface area contributed by atoms with Gasteiger partial charge in [0.2, 0.25) is 0 Å². The van der Waals surface area contributed by atoms with Crippen molar-refractivity contribution in [2.75, 3.05) is 26.4 Å². The molecule has 1 aliphatic carbocycles. The fourth-order valence-electron chi connectivity index (χ4n) is 6.15. The van der Waals surface area contributed by atoms with Crippen molar-refractivity contribution in [2.24, 2.45) is 17.6 Å². The summed E-state index contributed by atoms with van der Waals surface area (Å²) in [5.41, 5.74) is 5.34. The fraction of sp³-hybridized carbons (Fsp3) is 0.744. The van der Waals surface area contributed by atoms with E-state index in [9.17, 15) is 28.9 Å². The number of unbranched alkanes of at least 4 members (excludes halogenated alkanes) is 14. The highest BCUT2D eigenvalue weighted by atomic mass is 31.2. The number of hydrogen-bond donors (Lipinski definition) is 3. The van der Waals surface area contributed by atoms with E-state index in [1.54, 1.807) is 12.2 Å². The van der Waals surface area contributed by atoms with Crippen LogP contribution in [0.4, 0.5) is 0 Å². The van der Waals surface area contributed by atoms with Gasteiger partial charge in [-0.15, -0.1) is 0 Å². The molecular weight excluding hydrogens is 721 g/mol. The molecule has 0 radical (unpaired) electrons. The van der Waals surface area contributed by atoms with E-state index in [0.717, 1.165) is 44.9 Å². The smallest absolute Gasteiger partial charge is 0.462 e. The number of phosphoric acid groups is 1. The van der Waals surface area contributed by atoms with Crippen molar-refractivity contribution in [3.8, 4) is 0 Å². The summed E-state index contributed by atoms with van der Waals surface area (Å²) in [6.45, 7) is 3.38. The van der Waals surface area contributed by atoms with Crippen LogP contribution in [-0.2, 0) is 37.5 Å². The number of carbonyl (C=O) groups excluding carboxylic acids is 3. The Morgan fingerprint density at radius 3 is 2.09 bits per heavy atom. The van der Waals surface area contributed by atoms with Gasteiger partial charge in [0.15, 0.2) is 11.9 Å². The first kappa shape index (κ1) is 50.6. The van der Waals surface area contributed by atoms with E-state index in [1.165, 1.54) is 51.4 Å². The van der Waals surface area contributed by atoms with Crippen LogP contribution in [0.15, 0.2) is 48.6 Å². The highest BCUT2D eigenvalue weighted by molar-refractivity contribution is 7.47. The molecule has 0 aromatic carbocycles. The van der Waals surface area contributed by atoms with Crippen molar-refractivity contribution in [2.45, 2.75) is 167 Å². The first-order valence-electron chi connectivity index (χ1n) is 21.2. The van der Waals surface area contributed by atoms with Crippen molar-refractivity contribution in [3.05, 3.63) is 48.6 Å². The summed E-state index contributed by atoms with van der Waals surface area (Å²) in [5, 5.41) is 10.2. The van der Waals surface area contributed by atoms with E-state index in [2.05, 4.69) is 26.0 Å². The average molecular weight is 796 g/mol. The second-order valence-corrected chi connectivity index (χ2v) is 16.0. The Hall–Kier alpha value is -2.40. The maximum atomic E-state index is 12.6. The third kappa shape index (κ3) is 28.6. The Kier molecular flexibility index (Phi) is 31.0. The lowest BCUT2D eigenvalue weighted by Crippen LogP contribution is -2.29. The van der Waals surface area contributed by atoms with Crippen molar-refractivity contribution in [3.63, 3.8) is 0 Å². The lowest BCUT2D eigenvalue weighted by atomic mass is 9.90. The van der Waals surface area contributed by atoms with Gasteiger partial charge in [0.05, 0.1) is 19.3 Å². The molecule has 11 nitrogen and oxygen atoms in total. The molecule has 0 heterocycles. The molecule has 0 amide bonds. The molecule has 0 aromatic heterocycles. The van der Waals surface area contributed by atoms with Gasteiger partial charge in [0, 0.05) is 25.3 Å². The number of hydrogen-bond acceptors (Lipinski definition) is 10. The number of ketones is 1. The highest BCUT2D eigenvalue weighted by Crippen LogP contribution is 2.43. The maximum Gasteiger partial charge on any atom is 0.472 e. The summed E-state index contributed by atoms with van der Waals surface area (Å²) < 4.78 is 32.7. The number of allylic oxidation sites excluding steroid dienone is 7. The molecule has 316 valence electrons. The Balaban J connectivity index is 2.38. The third-order valence-electron chi connectivity index (χ3n) is 9.44. The quantitative estimate of drug-likeness (QED) is 0.0239. The zero-order chi connectivity index (χ0) is 40.4. The molecule has 0 saturated heterocycles. The number of nitrogens with two attached hydrogens (primary N) is 1. The van der Waals surface area contributed by atoms with Crippen LogP contribution in [0.2, 0.25) is 0 Å². The van der Waals surface area contributed by atoms with Crippen LogP contribution in [0.5, 0.6) is 0 Å². The highest BCUT2D eigenvalue weighted by Gasteiger charge is 2.27. The number of aliphatic hydroxyl groups is 1. The lowest BCUT2D eigenvalue weighted by Gasteiger charge is -2.19. The molecule has 0 aliphatic heterocycles. The first-order chi connectivity index (χ1) is 26.6.